The summed E-state index contributed by atoms with van der Waals surface area (Å²) in [5.41, 5.74) is -23.1. The summed E-state index contributed by atoms with van der Waals surface area (Å²) in [7, 11) is 0. The molecule has 2 aliphatic carbocycles. The summed E-state index contributed by atoms with van der Waals surface area (Å²) in [5, 5.41) is 59.5. The zero-order valence-corrected chi connectivity index (χ0v) is 25.2. The van der Waals surface area contributed by atoms with Crippen LogP contribution < -0.4 is 0 Å². The Morgan fingerprint density at radius 1 is 0.472 bits per heavy atom. The highest BCUT2D eigenvalue weighted by molar-refractivity contribution is 6.31. The molecule has 0 spiro atoms. The van der Waals surface area contributed by atoms with E-state index in [9.17, 15) is 66.7 Å². The first-order valence-corrected chi connectivity index (χ1v) is 13.8. The number of hydrogen-bond acceptors (Lipinski definition) is 6. The molecule has 0 radical (unpaired) electrons. The molecule has 260 valence electrons. The largest absolute Gasteiger partial charge is 0.419 e. The summed E-state index contributed by atoms with van der Waals surface area (Å²) in [5.74, 6) is -6.02. The van der Waals surface area contributed by atoms with E-state index in [1.807, 2.05) is 0 Å². The maximum atomic E-state index is 17.0. The second-order valence-electron chi connectivity index (χ2n) is 10.7. The van der Waals surface area contributed by atoms with E-state index < -0.39 is 131 Å². The third-order valence-corrected chi connectivity index (χ3v) is 8.02. The molecule has 0 aliphatic heterocycles. The average molecular weight is 738 g/mol. The second-order valence-corrected chi connectivity index (χ2v) is 10.7. The molecule has 2 aliphatic rings. The summed E-state index contributed by atoms with van der Waals surface area (Å²) in [4.78, 5) is 0. The highest BCUT2D eigenvalue weighted by Gasteiger charge is 2.50. The Labute approximate surface area is 287 Å². The van der Waals surface area contributed by atoms with E-state index in [2.05, 4.69) is 0 Å². The van der Waals surface area contributed by atoms with Crippen LogP contribution in [0.1, 0.15) is 50.1 Å². The van der Waals surface area contributed by atoms with E-state index in [-0.39, 0.29) is 24.3 Å². The number of nitriles is 6. The normalized spacial score (nSPS) is 13.7. The van der Waals surface area contributed by atoms with E-state index in [1.54, 1.807) is 0 Å². The lowest BCUT2D eigenvalue weighted by atomic mass is 9.83. The van der Waals surface area contributed by atoms with Gasteiger partial charge in [-0.15, -0.1) is 0 Å². The van der Waals surface area contributed by atoms with E-state index in [4.69, 9.17) is 0 Å². The van der Waals surface area contributed by atoms with Gasteiger partial charge in [-0.25, -0.2) is 13.2 Å². The Morgan fingerprint density at radius 3 is 1.06 bits per heavy atom. The van der Waals surface area contributed by atoms with Crippen molar-refractivity contribution in [3.63, 3.8) is 0 Å². The number of fused-ring (bicyclic) bond motifs is 2. The third kappa shape index (κ3) is 5.60. The van der Waals surface area contributed by atoms with Crippen LogP contribution in [-0.2, 0) is 18.5 Å². The van der Waals surface area contributed by atoms with Gasteiger partial charge in [0.1, 0.15) is 65.0 Å². The van der Waals surface area contributed by atoms with Crippen molar-refractivity contribution in [2.45, 2.75) is 18.5 Å². The molecule has 18 heteroatoms. The van der Waals surface area contributed by atoms with Crippen molar-refractivity contribution in [1.82, 2.24) is 0 Å². The number of allylic oxidation sites excluding steroid dienone is 8. The van der Waals surface area contributed by atoms with Crippen LogP contribution in [0.5, 0.6) is 0 Å². The fraction of sp³-hybridized carbons (Fsp3) is 0.0857. The summed E-state index contributed by atoms with van der Waals surface area (Å²) in [6.45, 7) is 0. The Morgan fingerprint density at radius 2 is 0.811 bits per heavy atom. The SMILES string of the molecule is N#CC(C#N)=C1C(c2ccc(C(F)(F)F)c(F)c2)=C(C#N)c2c(F)c3c(c(C(F)(F)F)c21)C(=C(C#N)C#N)C(c1ccc(C(F)(F)F)c(F)c1)=C3C#N. The average Bonchev–Trinajstić information content (AvgIpc) is 3.58. The van der Waals surface area contributed by atoms with Gasteiger partial charge in [-0.3, -0.25) is 0 Å². The number of rotatable bonds is 2. The number of nitrogens with zero attached hydrogens (tertiary/aromatic N) is 6. The maximum absolute atomic E-state index is 17.0. The van der Waals surface area contributed by atoms with E-state index in [0.29, 0.717) is 12.1 Å². The van der Waals surface area contributed by atoms with Crippen molar-refractivity contribution in [2.24, 2.45) is 0 Å². The predicted molar refractivity (Wildman–Crippen MR) is 155 cm³/mol. The van der Waals surface area contributed by atoms with Gasteiger partial charge in [0.25, 0.3) is 0 Å². The van der Waals surface area contributed by atoms with Gasteiger partial charge in [0, 0.05) is 44.5 Å². The van der Waals surface area contributed by atoms with Gasteiger partial charge in [0.15, 0.2) is 0 Å². The van der Waals surface area contributed by atoms with Crippen LogP contribution in [-0.4, -0.2) is 0 Å². The summed E-state index contributed by atoms with van der Waals surface area (Å²) >= 11 is 0. The molecular formula is C35H6F12N6. The molecule has 3 aromatic rings. The second kappa shape index (κ2) is 12.5. The Kier molecular flexibility index (Phi) is 8.72. The molecule has 0 atom stereocenters. The van der Waals surface area contributed by atoms with Crippen molar-refractivity contribution in [3.05, 3.63) is 115 Å². The zero-order chi connectivity index (χ0) is 39.5. The van der Waals surface area contributed by atoms with Crippen LogP contribution in [0.2, 0.25) is 0 Å². The molecule has 0 saturated heterocycles. The van der Waals surface area contributed by atoms with E-state index >= 15 is 17.6 Å². The zero-order valence-electron chi connectivity index (χ0n) is 25.2. The minimum atomic E-state index is -5.84. The number of benzene rings is 3. The highest BCUT2D eigenvalue weighted by atomic mass is 19.4. The van der Waals surface area contributed by atoms with Gasteiger partial charge in [-0.05, 0) is 35.4 Å². The van der Waals surface area contributed by atoms with Crippen LogP contribution >= 0.6 is 0 Å². The lowest BCUT2D eigenvalue weighted by molar-refractivity contribution is -0.140. The Bertz CT molecular complexity index is 2410. The van der Waals surface area contributed by atoms with Gasteiger partial charge >= 0.3 is 18.5 Å². The lowest BCUT2D eigenvalue weighted by Crippen LogP contribution is -2.16. The molecule has 0 amide bonds. The van der Waals surface area contributed by atoms with Gasteiger partial charge in [0.2, 0.25) is 0 Å². The van der Waals surface area contributed by atoms with E-state index in [1.165, 1.54) is 36.4 Å². The molecular weight excluding hydrogens is 732 g/mol. The molecule has 0 heterocycles. The van der Waals surface area contributed by atoms with Crippen LogP contribution in [0, 0.1) is 85.4 Å². The van der Waals surface area contributed by atoms with Gasteiger partial charge in [0.05, 0.1) is 27.8 Å². The minimum Gasteiger partial charge on any atom is -0.206 e. The Hall–Kier alpha value is -7.28. The van der Waals surface area contributed by atoms with Crippen LogP contribution in [0.4, 0.5) is 52.7 Å². The predicted octanol–water partition coefficient (Wildman–Crippen LogP) is 9.66. The third-order valence-electron chi connectivity index (χ3n) is 8.02. The fourth-order valence-electron chi connectivity index (χ4n) is 6.10. The van der Waals surface area contributed by atoms with Crippen LogP contribution in [0.3, 0.4) is 0 Å². The van der Waals surface area contributed by atoms with Crippen molar-refractivity contribution >= 4 is 33.4 Å². The van der Waals surface area contributed by atoms with Crippen molar-refractivity contribution in [2.75, 3.05) is 0 Å². The molecule has 6 nitrogen and oxygen atoms in total. The summed E-state index contributed by atoms with van der Waals surface area (Å²) in [6.07, 6.45) is -16.4. The first-order chi connectivity index (χ1) is 24.7. The quantitative estimate of drug-likeness (QED) is 0.189. The summed E-state index contributed by atoms with van der Waals surface area (Å²) in [6, 6.07) is 8.94. The minimum absolute atomic E-state index is 0.0965. The van der Waals surface area contributed by atoms with Crippen LogP contribution in [0.15, 0.2) is 47.5 Å². The maximum Gasteiger partial charge on any atom is 0.419 e. The number of alkyl halides is 9. The molecule has 3 aromatic carbocycles. The molecule has 0 saturated carbocycles. The topological polar surface area (TPSA) is 143 Å². The molecule has 0 unspecified atom stereocenters. The monoisotopic (exact) mass is 738 g/mol. The van der Waals surface area contributed by atoms with Crippen LogP contribution in [0.25, 0.3) is 33.4 Å². The molecule has 0 N–H and O–H groups in total. The number of hydrogen-bond donors (Lipinski definition) is 0. The number of halogens is 12. The van der Waals surface area contributed by atoms with E-state index in [0.717, 1.165) is 0 Å². The smallest absolute Gasteiger partial charge is 0.206 e. The van der Waals surface area contributed by atoms with Gasteiger partial charge in [-0.1, -0.05) is 12.1 Å². The molecule has 0 bridgehead atoms. The molecule has 5 rings (SSSR count). The first kappa shape index (κ1) is 37.0. The molecule has 0 aromatic heterocycles. The Balaban J connectivity index is 2.07. The highest BCUT2D eigenvalue weighted by Crippen LogP contribution is 2.60. The standard InChI is InChI=1S/C35H6F12N6/c36-21-5-13(1-3-19(21)33(39,40)41)23-17(11-52)27-29(25(23)15(7-48)8-49)31(35(45,46)47)30-26(16(9-50)10-51)24(18(12-53)28(30)32(27)38)14-2-4-20(22(37)6-14)34(42,43)44/h1-6H. The molecule has 53 heavy (non-hydrogen) atoms. The van der Waals surface area contributed by atoms with Crippen molar-refractivity contribution < 1.29 is 52.7 Å². The van der Waals surface area contributed by atoms with Gasteiger partial charge in [-0.2, -0.15) is 71.1 Å². The first-order valence-electron chi connectivity index (χ1n) is 13.8. The molecule has 0 fully saturated rings. The lowest BCUT2D eigenvalue weighted by Gasteiger charge is -2.21. The van der Waals surface area contributed by atoms with Crippen molar-refractivity contribution in [1.29, 1.82) is 31.6 Å². The fourth-order valence-corrected chi connectivity index (χ4v) is 6.10. The van der Waals surface area contributed by atoms with Crippen molar-refractivity contribution in [3.8, 4) is 36.4 Å². The summed E-state index contributed by atoms with van der Waals surface area (Å²) < 4.78 is 173. The van der Waals surface area contributed by atoms with Gasteiger partial charge < -0.3 is 0 Å².